The molecule has 388 valence electrons. The molecule has 2 rings (SSSR count). The number of aliphatic hydroxyl groups excluding tert-OH is 8. The van der Waals surface area contributed by atoms with Crippen LogP contribution in [0.15, 0.2) is 24.3 Å². The van der Waals surface area contributed by atoms with Crippen molar-refractivity contribution in [3.05, 3.63) is 24.3 Å². The van der Waals surface area contributed by atoms with E-state index in [2.05, 4.69) is 43.5 Å². The van der Waals surface area contributed by atoms with Gasteiger partial charge in [0, 0.05) is 6.42 Å². The Morgan fingerprint density at radius 2 is 1.00 bits per heavy atom. The lowest BCUT2D eigenvalue weighted by molar-refractivity contribution is -0.359. The molecule has 0 aliphatic carbocycles. The Bertz CT molecular complexity index is 1210. The maximum absolute atomic E-state index is 13.1. The van der Waals surface area contributed by atoms with Crippen LogP contribution in [0.2, 0.25) is 0 Å². The van der Waals surface area contributed by atoms with Gasteiger partial charge in [0.1, 0.15) is 48.8 Å². The zero-order valence-electron chi connectivity index (χ0n) is 41.2. The highest BCUT2D eigenvalue weighted by Crippen LogP contribution is 2.30. The first-order valence-corrected chi connectivity index (χ1v) is 26.6. The van der Waals surface area contributed by atoms with Gasteiger partial charge < -0.3 is 65.1 Å². The molecule has 2 fully saturated rings. The predicted molar refractivity (Wildman–Crippen MR) is 258 cm³/mol. The lowest BCUT2D eigenvalue weighted by atomic mass is 9.97. The fourth-order valence-electron chi connectivity index (χ4n) is 8.80. The van der Waals surface area contributed by atoms with Crippen molar-refractivity contribution in [2.75, 3.05) is 19.8 Å². The van der Waals surface area contributed by atoms with Crippen molar-refractivity contribution in [2.24, 2.45) is 0 Å². The van der Waals surface area contributed by atoms with E-state index in [1.807, 2.05) is 0 Å². The van der Waals surface area contributed by atoms with Crippen LogP contribution in [0.5, 0.6) is 0 Å². The Kier molecular flexibility index (Phi) is 36.0. The van der Waals surface area contributed by atoms with Crippen LogP contribution < -0.4 is 5.32 Å². The molecular weight excluding hydrogens is 847 g/mol. The topological polar surface area (TPSA) is 228 Å². The van der Waals surface area contributed by atoms with E-state index in [1.165, 1.54) is 122 Å². The van der Waals surface area contributed by atoms with Crippen molar-refractivity contribution < 1.29 is 64.6 Å². The third-order valence-electron chi connectivity index (χ3n) is 13.2. The van der Waals surface area contributed by atoms with Crippen molar-refractivity contribution in [2.45, 2.75) is 280 Å². The molecule has 14 heteroatoms. The summed E-state index contributed by atoms with van der Waals surface area (Å²) in [6.45, 7) is 2.79. The van der Waals surface area contributed by atoms with Crippen LogP contribution in [-0.4, -0.2) is 140 Å². The molecular formula is C52H97NO13. The third kappa shape index (κ3) is 25.9. The molecule has 0 aromatic heterocycles. The van der Waals surface area contributed by atoms with Crippen molar-refractivity contribution in [3.8, 4) is 0 Å². The maximum atomic E-state index is 13.1. The summed E-state index contributed by atoms with van der Waals surface area (Å²) in [6, 6.07) is -0.824. The van der Waals surface area contributed by atoms with Gasteiger partial charge in [-0.2, -0.15) is 0 Å². The zero-order valence-corrected chi connectivity index (χ0v) is 41.2. The molecule has 0 spiro atoms. The van der Waals surface area contributed by atoms with E-state index in [4.69, 9.17) is 18.9 Å². The molecule has 2 heterocycles. The van der Waals surface area contributed by atoms with E-state index in [0.29, 0.717) is 12.8 Å². The Balaban J connectivity index is 1.68. The zero-order chi connectivity index (χ0) is 48.2. The molecule has 2 aliphatic rings. The van der Waals surface area contributed by atoms with Gasteiger partial charge in [0.05, 0.1) is 32.0 Å². The average Bonchev–Trinajstić information content (AvgIpc) is 3.31. The van der Waals surface area contributed by atoms with E-state index < -0.39 is 86.8 Å². The van der Waals surface area contributed by atoms with Crippen LogP contribution in [0.3, 0.4) is 0 Å². The molecule has 12 atom stereocenters. The molecule has 0 radical (unpaired) electrons. The summed E-state index contributed by atoms with van der Waals surface area (Å²) in [6.07, 6.45) is 26.5. The van der Waals surface area contributed by atoms with Gasteiger partial charge in [0.15, 0.2) is 12.6 Å². The number of hydrogen-bond acceptors (Lipinski definition) is 13. The van der Waals surface area contributed by atoms with Gasteiger partial charge in [-0.15, -0.1) is 0 Å². The Hall–Kier alpha value is -1.53. The normalized spacial score (nSPS) is 26.9. The monoisotopic (exact) mass is 944 g/mol. The summed E-state index contributed by atoms with van der Waals surface area (Å²) in [5.41, 5.74) is 0. The summed E-state index contributed by atoms with van der Waals surface area (Å²) in [4.78, 5) is 13.1. The van der Waals surface area contributed by atoms with E-state index in [0.717, 1.165) is 57.8 Å². The number of rotatable bonds is 41. The first-order chi connectivity index (χ1) is 32.1. The molecule has 0 bridgehead atoms. The number of amides is 1. The van der Waals surface area contributed by atoms with Gasteiger partial charge in [-0.1, -0.05) is 179 Å². The summed E-state index contributed by atoms with van der Waals surface area (Å²) >= 11 is 0. The third-order valence-corrected chi connectivity index (χ3v) is 13.2. The molecule has 0 aromatic carbocycles. The number of unbranched alkanes of at least 4 members (excludes halogenated alkanes) is 24. The first-order valence-electron chi connectivity index (χ1n) is 26.6. The number of allylic oxidation sites excluding steroid dienone is 4. The first kappa shape index (κ1) is 60.6. The second-order valence-corrected chi connectivity index (χ2v) is 19.0. The van der Waals surface area contributed by atoms with E-state index >= 15 is 0 Å². The van der Waals surface area contributed by atoms with E-state index in [-0.39, 0.29) is 12.5 Å². The molecule has 2 aliphatic heterocycles. The van der Waals surface area contributed by atoms with Crippen LogP contribution in [0.4, 0.5) is 0 Å². The number of carbonyl (C=O) groups excluding carboxylic acids is 1. The fraction of sp³-hybridized carbons (Fsp3) is 0.904. The van der Waals surface area contributed by atoms with Gasteiger partial charge >= 0.3 is 0 Å². The SMILES string of the molecule is CCCCCCC/C=C\C/C=C\CCCCCCCCCCCCCCCC(=O)NC(COC1OC(CO)C(OC2OC(CO)C(O)C(O)C2O)C(O)C1O)C(O)CCCCCCCCC. The van der Waals surface area contributed by atoms with Crippen LogP contribution in [-0.2, 0) is 23.7 Å². The van der Waals surface area contributed by atoms with Gasteiger partial charge in [-0.3, -0.25) is 4.79 Å². The Morgan fingerprint density at radius 1 is 0.545 bits per heavy atom. The molecule has 66 heavy (non-hydrogen) atoms. The van der Waals surface area contributed by atoms with Crippen LogP contribution >= 0.6 is 0 Å². The van der Waals surface area contributed by atoms with Gasteiger partial charge in [0.2, 0.25) is 5.91 Å². The van der Waals surface area contributed by atoms with E-state index in [1.54, 1.807) is 0 Å². The van der Waals surface area contributed by atoms with Gasteiger partial charge in [-0.25, -0.2) is 0 Å². The summed E-state index contributed by atoms with van der Waals surface area (Å²) in [7, 11) is 0. The summed E-state index contributed by atoms with van der Waals surface area (Å²) < 4.78 is 22.7. The Morgan fingerprint density at radius 3 is 1.52 bits per heavy atom. The van der Waals surface area contributed by atoms with E-state index in [9.17, 15) is 45.6 Å². The molecule has 1 amide bonds. The standard InChI is InChI=1S/C52H97NO13/c1-3-5-7-9-11-12-13-14-15-16-17-18-19-20-21-22-23-24-25-26-27-28-30-32-34-36-44(57)53-40(41(56)35-33-31-29-10-8-6-4-2)39-63-51-49(62)47(60)50(43(38-55)65-51)66-52-48(61)46(59)45(58)42(37-54)64-52/h13-14,16-17,40-43,45-52,54-56,58-62H,3-12,15,18-39H2,1-2H3,(H,53,57)/b14-13-,17-16-. The number of aliphatic hydroxyl groups is 8. The molecule has 12 unspecified atom stereocenters. The lowest BCUT2D eigenvalue weighted by Gasteiger charge is -2.46. The second-order valence-electron chi connectivity index (χ2n) is 19.0. The van der Waals surface area contributed by atoms with Crippen molar-refractivity contribution in [1.29, 1.82) is 0 Å². The average molecular weight is 944 g/mol. The number of ether oxygens (including phenoxy) is 4. The molecule has 9 N–H and O–H groups in total. The maximum Gasteiger partial charge on any atom is 0.220 e. The van der Waals surface area contributed by atoms with Crippen LogP contribution in [0.1, 0.15) is 206 Å². The minimum Gasteiger partial charge on any atom is -0.394 e. The minimum atomic E-state index is -1.78. The van der Waals surface area contributed by atoms with Crippen LogP contribution in [0, 0.1) is 0 Å². The second kappa shape index (κ2) is 39.2. The lowest BCUT2D eigenvalue weighted by Crippen LogP contribution is -2.65. The molecule has 0 saturated carbocycles. The smallest absolute Gasteiger partial charge is 0.220 e. The van der Waals surface area contributed by atoms with Crippen molar-refractivity contribution in [3.63, 3.8) is 0 Å². The largest absolute Gasteiger partial charge is 0.394 e. The number of carbonyl (C=O) groups is 1. The summed E-state index contributed by atoms with van der Waals surface area (Å²) in [5.74, 6) is -0.212. The van der Waals surface area contributed by atoms with Crippen molar-refractivity contribution in [1.82, 2.24) is 5.32 Å². The quantitative estimate of drug-likeness (QED) is 0.0216. The Labute approximate surface area is 398 Å². The highest BCUT2D eigenvalue weighted by atomic mass is 16.7. The highest BCUT2D eigenvalue weighted by molar-refractivity contribution is 5.76. The fourth-order valence-corrected chi connectivity index (χ4v) is 8.80. The summed E-state index contributed by atoms with van der Waals surface area (Å²) in [5, 5.41) is 86.6. The van der Waals surface area contributed by atoms with Crippen molar-refractivity contribution >= 4 is 5.91 Å². The number of nitrogens with one attached hydrogen (secondary N) is 1. The molecule has 0 aromatic rings. The molecule has 14 nitrogen and oxygen atoms in total. The predicted octanol–water partition coefficient (Wildman–Crippen LogP) is 7.33. The molecule has 2 saturated heterocycles. The number of hydrogen-bond donors (Lipinski definition) is 9. The minimum absolute atomic E-state index is 0.212. The van der Waals surface area contributed by atoms with Gasteiger partial charge in [0.25, 0.3) is 0 Å². The van der Waals surface area contributed by atoms with Crippen LogP contribution in [0.25, 0.3) is 0 Å². The highest BCUT2D eigenvalue weighted by Gasteiger charge is 2.51. The van der Waals surface area contributed by atoms with Gasteiger partial charge in [-0.05, 0) is 44.9 Å².